The van der Waals surface area contributed by atoms with Gasteiger partial charge in [0.05, 0.1) is 25.2 Å². The van der Waals surface area contributed by atoms with Gasteiger partial charge in [0, 0.05) is 16.6 Å². The zero-order valence-corrected chi connectivity index (χ0v) is 16.3. The van der Waals surface area contributed by atoms with Crippen molar-refractivity contribution in [3.63, 3.8) is 0 Å². The van der Waals surface area contributed by atoms with Gasteiger partial charge in [-0.3, -0.25) is 0 Å². The Kier molecular flexibility index (Phi) is 5.61. The summed E-state index contributed by atoms with van der Waals surface area (Å²) in [5.74, 6) is 1.15. The van der Waals surface area contributed by atoms with Gasteiger partial charge in [-0.15, -0.1) is 11.3 Å². The summed E-state index contributed by atoms with van der Waals surface area (Å²) in [4.78, 5) is 3.15. The summed E-state index contributed by atoms with van der Waals surface area (Å²) >= 11 is 7.24. The number of ether oxygens (including phenoxy) is 1. The summed E-state index contributed by atoms with van der Waals surface area (Å²) in [6.07, 6.45) is 0.609. The standard InChI is InChI=1S/C17H20N2O3S3/c1-22-15-6-4-13(5-7-15)18-17(23)19(11-16-3-2-9-24-16)14-8-10-25(20,21)12-14/h2-7,9,14H,8,10-12H2,1H3,(H,18,23)/t14-/m0/s1. The summed E-state index contributed by atoms with van der Waals surface area (Å²) < 4.78 is 29.0. The normalized spacial score (nSPS) is 18.7. The third kappa shape index (κ3) is 4.71. The largest absolute Gasteiger partial charge is 0.497 e. The van der Waals surface area contributed by atoms with E-state index in [0.29, 0.717) is 18.1 Å². The van der Waals surface area contributed by atoms with E-state index in [1.807, 2.05) is 46.7 Å². The maximum atomic E-state index is 11.9. The average Bonchev–Trinajstić information content (AvgIpc) is 3.22. The fourth-order valence-electron chi connectivity index (χ4n) is 2.83. The Balaban J connectivity index is 1.76. The second-order valence-electron chi connectivity index (χ2n) is 5.92. The van der Waals surface area contributed by atoms with E-state index in [9.17, 15) is 8.42 Å². The number of hydrogen-bond donors (Lipinski definition) is 1. The quantitative estimate of drug-likeness (QED) is 0.784. The van der Waals surface area contributed by atoms with Crippen molar-refractivity contribution in [3.8, 4) is 5.75 Å². The number of thiocarbonyl (C=S) groups is 1. The highest BCUT2D eigenvalue weighted by atomic mass is 32.2. The lowest BCUT2D eigenvalue weighted by Gasteiger charge is -2.30. The molecule has 0 bridgehead atoms. The van der Waals surface area contributed by atoms with E-state index in [2.05, 4.69) is 5.32 Å². The van der Waals surface area contributed by atoms with Gasteiger partial charge in [-0.2, -0.15) is 0 Å². The molecule has 1 aliphatic heterocycles. The van der Waals surface area contributed by atoms with Crippen LogP contribution in [0, 0.1) is 0 Å². The van der Waals surface area contributed by atoms with Crippen LogP contribution in [-0.4, -0.2) is 43.1 Å². The van der Waals surface area contributed by atoms with Crippen LogP contribution in [0.4, 0.5) is 5.69 Å². The highest BCUT2D eigenvalue weighted by Crippen LogP contribution is 2.23. The molecule has 1 N–H and O–H groups in total. The number of hydrogen-bond acceptors (Lipinski definition) is 5. The van der Waals surface area contributed by atoms with Gasteiger partial charge in [-0.05, 0) is 54.4 Å². The molecule has 1 aromatic carbocycles. The number of nitrogens with zero attached hydrogens (tertiary/aromatic N) is 1. The molecule has 0 radical (unpaired) electrons. The predicted octanol–water partition coefficient (Wildman–Crippen LogP) is 3.14. The van der Waals surface area contributed by atoms with Crippen molar-refractivity contribution >= 4 is 44.2 Å². The summed E-state index contributed by atoms with van der Waals surface area (Å²) in [7, 11) is -1.36. The lowest BCUT2D eigenvalue weighted by Crippen LogP contribution is -2.42. The second-order valence-corrected chi connectivity index (χ2v) is 9.57. The molecule has 25 heavy (non-hydrogen) atoms. The second kappa shape index (κ2) is 7.72. The SMILES string of the molecule is COc1ccc(NC(=S)N(Cc2cccs2)[C@H]2CCS(=O)(=O)C2)cc1. The summed E-state index contributed by atoms with van der Waals surface area (Å²) in [6, 6.07) is 11.4. The zero-order chi connectivity index (χ0) is 17.9. The van der Waals surface area contributed by atoms with Gasteiger partial charge in [0.1, 0.15) is 5.75 Å². The Labute approximate surface area is 157 Å². The van der Waals surface area contributed by atoms with Crippen molar-refractivity contribution in [2.45, 2.75) is 19.0 Å². The monoisotopic (exact) mass is 396 g/mol. The smallest absolute Gasteiger partial charge is 0.174 e. The van der Waals surface area contributed by atoms with Crippen LogP contribution in [0.5, 0.6) is 5.75 Å². The molecule has 1 atom stereocenters. The number of rotatable bonds is 5. The van der Waals surface area contributed by atoms with Gasteiger partial charge in [0.25, 0.3) is 0 Å². The third-order valence-corrected chi connectivity index (χ3v) is 7.11. The minimum absolute atomic E-state index is 0.0923. The first kappa shape index (κ1) is 18.2. The molecule has 1 fully saturated rings. The molecular formula is C17H20N2O3S3. The van der Waals surface area contributed by atoms with Crippen LogP contribution in [0.2, 0.25) is 0 Å². The fourth-order valence-corrected chi connectivity index (χ4v) is 5.59. The zero-order valence-electron chi connectivity index (χ0n) is 13.8. The molecule has 2 heterocycles. The van der Waals surface area contributed by atoms with Crippen molar-refractivity contribution in [2.75, 3.05) is 23.9 Å². The minimum atomic E-state index is -2.98. The molecule has 1 saturated heterocycles. The van der Waals surface area contributed by atoms with Crippen LogP contribution in [-0.2, 0) is 16.4 Å². The molecule has 3 rings (SSSR count). The lowest BCUT2D eigenvalue weighted by atomic mass is 10.2. The molecule has 8 heteroatoms. The third-order valence-electron chi connectivity index (χ3n) is 4.16. The van der Waals surface area contributed by atoms with E-state index in [1.54, 1.807) is 18.4 Å². The lowest BCUT2D eigenvalue weighted by molar-refractivity contribution is 0.335. The van der Waals surface area contributed by atoms with Crippen LogP contribution < -0.4 is 10.1 Å². The molecule has 0 unspecified atom stereocenters. The van der Waals surface area contributed by atoms with E-state index in [4.69, 9.17) is 17.0 Å². The molecule has 1 aliphatic rings. The van der Waals surface area contributed by atoms with Crippen LogP contribution in [0.1, 0.15) is 11.3 Å². The Morgan fingerprint density at radius 3 is 2.68 bits per heavy atom. The first-order valence-corrected chi connectivity index (χ1v) is 11.0. The van der Waals surface area contributed by atoms with Crippen molar-refractivity contribution in [1.82, 2.24) is 4.90 Å². The first-order chi connectivity index (χ1) is 12.0. The molecule has 2 aromatic rings. The average molecular weight is 397 g/mol. The molecule has 134 valence electrons. The number of sulfone groups is 1. The minimum Gasteiger partial charge on any atom is -0.497 e. The van der Waals surface area contributed by atoms with Crippen LogP contribution in [0.15, 0.2) is 41.8 Å². The molecule has 1 aromatic heterocycles. The molecular weight excluding hydrogens is 376 g/mol. The number of benzene rings is 1. The Bertz CT molecular complexity index is 817. The van der Waals surface area contributed by atoms with Crippen molar-refractivity contribution < 1.29 is 13.2 Å². The van der Waals surface area contributed by atoms with Crippen LogP contribution >= 0.6 is 23.6 Å². The maximum Gasteiger partial charge on any atom is 0.174 e. The highest BCUT2D eigenvalue weighted by molar-refractivity contribution is 7.91. The van der Waals surface area contributed by atoms with Gasteiger partial charge < -0.3 is 15.0 Å². The van der Waals surface area contributed by atoms with Crippen molar-refractivity contribution in [3.05, 3.63) is 46.7 Å². The summed E-state index contributed by atoms with van der Waals surface area (Å²) in [6.45, 7) is 0.611. The Morgan fingerprint density at radius 2 is 2.12 bits per heavy atom. The fraction of sp³-hybridized carbons (Fsp3) is 0.353. The Hall–Kier alpha value is -1.64. The Morgan fingerprint density at radius 1 is 1.36 bits per heavy atom. The van der Waals surface area contributed by atoms with E-state index in [0.717, 1.165) is 16.3 Å². The summed E-state index contributed by atoms with van der Waals surface area (Å²) in [5.41, 5.74) is 0.850. The van der Waals surface area contributed by atoms with Gasteiger partial charge >= 0.3 is 0 Å². The molecule has 0 amide bonds. The predicted molar refractivity (Wildman–Crippen MR) is 106 cm³/mol. The number of methoxy groups -OCH3 is 1. The van der Waals surface area contributed by atoms with Gasteiger partial charge in [-0.25, -0.2) is 8.42 Å². The molecule has 0 spiro atoms. The summed E-state index contributed by atoms with van der Waals surface area (Å²) in [5, 5.41) is 5.78. The van der Waals surface area contributed by atoms with E-state index >= 15 is 0 Å². The number of nitrogens with one attached hydrogen (secondary N) is 1. The number of thiophene rings is 1. The van der Waals surface area contributed by atoms with Crippen LogP contribution in [0.3, 0.4) is 0 Å². The highest BCUT2D eigenvalue weighted by Gasteiger charge is 2.33. The maximum absolute atomic E-state index is 11.9. The van der Waals surface area contributed by atoms with Gasteiger partial charge in [0.15, 0.2) is 14.9 Å². The van der Waals surface area contributed by atoms with Crippen molar-refractivity contribution in [1.29, 1.82) is 0 Å². The number of anilines is 1. The molecule has 0 saturated carbocycles. The van der Waals surface area contributed by atoms with E-state index < -0.39 is 9.84 Å². The van der Waals surface area contributed by atoms with Crippen LogP contribution in [0.25, 0.3) is 0 Å². The van der Waals surface area contributed by atoms with Gasteiger partial charge in [0.2, 0.25) is 0 Å². The van der Waals surface area contributed by atoms with Crippen molar-refractivity contribution in [2.24, 2.45) is 0 Å². The molecule has 0 aliphatic carbocycles. The topological polar surface area (TPSA) is 58.6 Å². The van der Waals surface area contributed by atoms with Gasteiger partial charge in [-0.1, -0.05) is 6.07 Å². The van der Waals surface area contributed by atoms with E-state index in [-0.39, 0.29) is 17.5 Å². The first-order valence-electron chi connectivity index (χ1n) is 7.91. The van der Waals surface area contributed by atoms with E-state index in [1.165, 1.54) is 0 Å². The molecule has 5 nitrogen and oxygen atoms in total.